The van der Waals surface area contributed by atoms with Gasteiger partial charge in [-0.2, -0.15) is 0 Å². The fourth-order valence-electron chi connectivity index (χ4n) is 1.14. The molecule has 1 fully saturated rings. The van der Waals surface area contributed by atoms with E-state index >= 15 is 0 Å². The minimum absolute atomic E-state index is 0.613. The number of rotatable bonds is 3. The molecule has 0 aliphatic carbocycles. The van der Waals surface area contributed by atoms with E-state index in [4.69, 9.17) is 0 Å². The summed E-state index contributed by atoms with van der Waals surface area (Å²) in [5.41, 5.74) is 0. The minimum atomic E-state index is 0.613. The summed E-state index contributed by atoms with van der Waals surface area (Å²) in [4.78, 5) is 0. The lowest BCUT2D eigenvalue weighted by molar-refractivity contribution is 0.360. The Hall–Kier alpha value is -0.940. The van der Waals surface area contributed by atoms with Crippen molar-refractivity contribution in [2.24, 2.45) is 7.05 Å². The van der Waals surface area contributed by atoms with Crippen LogP contribution in [0, 0.1) is 0 Å². The molecule has 0 atom stereocenters. The van der Waals surface area contributed by atoms with Crippen LogP contribution in [0.1, 0.15) is 5.82 Å². The normalized spacial score (nSPS) is 17.8. The van der Waals surface area contributed by atoms with Crippen LogP contribution >= 0.6 is 0 Å². The van der Waals surface area contributed by atoms with Crippen LogP contribution in [0.25, 0.3) is 0 Å². The molecule has 0 amide bonds. The maximum atomic E-state index is 3.98. The number of aryl methyl sites for hydroxylation is 1. The molecule has 0 saturated carbocycles. The lowest BCUT2D eigenvalue weighted by atomic mass is 10.2. The number of hydrogen-bond acceptors (Lipinski definition) is 4. The van der Waals surface area contributed by atoms with Gasteiger partial charge in [0.05, 0.1) is 6.54 Å². The Morgan fingerprint density at radius 3 is 3.08 bits per heavy atom. The monoisotopic (exact) mass is 167 g/mol. The summed E-state index contributed by atoms with van der Waals surface area (Å²) in [5.74, 6) is 0.988. The lowest BCUT2D eigenvalue weighted by Crippen LogP contribution is -2.55. The fourth-order valence-corrected chi connectivity index (χ4v) is 1.14. The van der Waals surface area contributed by atoms with Crippen LogP contribution in [0.4, 0.5) is 0 Å². The first kappa shape index (κ1) is 7.70. The molecule has 1 aliphatic heterocycles. The van der Waals surface area contributed by atoms with Gasteiger partial charge < -0.3 is 15.2 Å². The topological polar surface area (TPSA) is 54.8 Å². The zero-order valence-electron chi connectivity index (χ0n) is 7.12. The molecule has 1 aromatic heterocycles. The Kier molecular flexibility index (Phi) is 2.05. The summed E-state index contributed by atoms with van der Waals surface area (Å²) >= 11 is 0. The number of hydrogen-bond donors (Lipinski definition) is 2. The Balaban J connectivity index is 1.82. The molecule has 66 valence electrons. The Morgan fingerprint density at radius 2 is 2.58 bits per heavy atom. The third-order valence-corrected chi connectivity index (χ3v) is 2.14. The van der Waals surface area contributed by atoms with E-state index in [9.17, 15) is 0 Å². The number of nitrogens with one attached hydrogen (secondary N) is 2. The van der Waals surface area contributed by atoms with Gasteiger partial charge in [-0.3, -0.25) is 0 Å². The maximum Gasteiger partial charge on any atom is 0.146 e. The van der Waals surface area contributed by atoms with E-state index in [0.717, 1.165) is 25.5 Å². The van der Waals surface area contributed by atoms with Crippen molar-refractivity contribution >= 4 is 0 Å². The van der Waals surface area contributed by atoms with Gasteiger partial charge in [0.2, 0.25) is 0 Å². The molecule has 2 heterocycles. The zero-order chi connectivity index (χ0) is 8.39. The third kappa shape index (κ3) is 1.46. The van der Waals surface area contributed by atoms with Crippen LogP contribution in [0.2, 0.25) is 0 Å². The fraction of sp³-hybridized carbons (Fsp3) is 0.714. The maximum absolute atomic E-state index is 3.98. The zero-order valence-corrected chi connectivity index (χ0v) is 7.12. The third-order valence-electron chi connectivity index (χ3n) is 2.14. The molecule has 5 nitrogen and oxygen atoms in total. The van der Waals surface area contributed by atoms with Crippen molar-refractivity contribution in [3.8, 4) is 0 Å². The molecule has 1 aromatic rings. The molecule has 0 spiro atoms. The van der Waals surface area contributed by atoms with Gasteiger partial charge in [-0.05, 0) is 0 Å². The summed E-state index contributed by atoms with van der Waals surface area (Å²) in [6.07, 6.45) is 1.72. The van der Waals surface area contributed by atoms with E-state index < -0.39 is 0 Å². The first-order valence-electron chi connectivity index (χ1n) is 4.13. The lowest BCUT2D eigenvalue weighted by Gasteiger charge is -2.27. The van der Waals surface area contributed by atoms with Crippen LogP contribution in [-0.2, 0) is 13.6 Å². The van der Waals surface area contributed by atoms with Crippen molar-refractivity contribution < 1.29 is 0 Å². The molecule has 0 bridgehead atoms. The summed E-state index contributed by atoms with van der Waals surface area (Å²) in [6.45, 7) is 2.94. The molecule has 1 saturated heterocycles. The SMILES string of the molecule is Cn1cnnc1CNC1CNC1. The van der Waals surface area contributed by atoms with Gasteiger partial charge in [-0.15, -0.1) is 10.2 Å². The predicted octanol–water partition coefficient (Wildman–Crippen LogP) is -1.12. The first-order chi connectivity index (χ1) is 5.86. The molecular weight excluding hydrogens is 154 g/mol. The van der Waals surface area contributed by atoms with E-state index in [1.807, 2.05) is 11.6 Å². The largest absolute Gasteiger partial charge is 0.320 e. The van der Waals surface area contributed by atoms with Crippen molar-refractivity contribution in [2.75, 3.05) is 13.1 Å². The standard InChI is InChI=1S/C7H13N5/c1-12-5-10-11-7(12)4-9-6-2-8-3-6/h5-6,8-9H,2-4H2,1H3. The molecule has 0 radical (unpaired) electrons. The van der Waals surface area contributed by atoms with Crippen molar-refractivity contribution in [1.82, 2.24) is 25.4 Å². The second kappa shape index (κ2) is 3.20. The van der Waals surface area contributed by atoms with Crippen LogP contribution < -0.4 is 10.6 Å². The van der Waals surface area contributed by atoms with Crippen molar-refractivity contribution in [2.45, 2.75) is 12.6 Å². The quantitative estimate of drug-likeness (QED) is 0.598. The predicted molar refractivity (Wildman–Crippen MR) is 44.5 cm³/mol. The molecule has 1 aliphatic rings. The summed E-state index contributed by atoms with van der Waals surface area (Å²) in [7, 11) is 1.95. The van der Waals surface area contributed by atoms with Crippen LogP contribution in [0.15, 0.2) is 6.33 Å². The highest BCUT2D eigenvalue weighted by Gasteiger charge is 2.15. The molecular formula is C7H13N5. The second-order valence-electron chi connectivity index (χ2n) is 3.09. The minimum Gasteiger partial charge on any atom is -0.320 e. The summed E-state index contributed by atoms with van der Waals surface area (Å²) < 4.78 is 1.93. The van der Waals surface area contributed by atoms with Crippen molar-refractivity contribution in [3.63, 3.8) is 0 Å². The Bertz CT molecular complexity index is 252. The average Bonchev–Trinajstić information content (AvgIpc) is 2.33. The number of aromatic nitrogens is 3. The molecule has 12 heavy (non-hydrogen) atoms. The molecule has 0 aromatic carbocycles. The van der Waals surface area contributed by atoms with Crippen LogP contribution in [0.5, 0.6) is 0 Å². The molecule has 2 rings (SSSR count). The highest BCUT2D eigenvalue weighted by atomic mass is 15.3. The van der Waals surface area contributed by atoms with Crippen molar-refractivity contribution in [3.05, 3.63) is 12.2 Å². The van der Waals surface area contributed by atoms with Gasteiger partial charge in [0, 0.05) is 26.2 Å². The van der Waals surface area contributed by atoms with Gasteiger partial charge >= 0.3 is 0 Å². The van der Waals surface area contributed by atoms with Gasteiger partial charge in [-0.1, -0.05) is 0 Å². The first-order valence-corrected chi connectivity index (χ1v) is 4.13. The van der Waals surface area contributed by atoms with E-state index in [1.165, 1.54) is 0 Å². The highest BCUT2D eigenvalue weighted by molar-refractivity contribution is 4.88. The van der Waals surface area contributed by atoms with Gasteiger partial charge in [0.1, 0.15) is 12.2 Å². The van der Waals surface area contributed by atoms with Gasteiger partial charge in [0.25, 0.3) is 0 Å². The Morgan fingerprint density at radius 1 is 1.75 bits per heavy atom. The number of nitrogens with zero attached hydrogens (tertiary/aromatic N) is 3. The molecule has 2 N–H and O–H groups in total. The molecule has 5 heteroatoms. The Labute approximate surface area is 71.2 Å². The average molecular weight is 167 g/mol. The van der Waals surface area contributed by atoms with E-state index in [-0.39, 0.29) is 0 Å². The van der Waals surface area contributed by atoms with Crippen LogP contribution in [-0.4, -0.2) is 33.9 Å². The highest BCUT2D eigenvalue weighted by Crippen LogP contribution is 1.95. The summed E-state index contributed by atoms with van der Waals surface area (Å²) in [6, 6.07) is 0.613. The van der Waals surface area contributed by atoms with Gasteiger partial charge in [-0.25, -0.2) is 0 Å². The summed E-state index contributed by atoms with van der Waals surface area (Å²) in [5, 5.41) is 14.4. The van der Waals surface area contributed by atoms with Crippen molar-refractivity contribution in [1.29, 1.82) is 0 Å². The van der Waals surface area contributed by atoms with E-state index in [2.05, 4.69) is 20.8 Å². The smallest absolute Gasteiger partial charge is 0.146 e. The van der Waals surface area contributed by atoms with Gasteiger partial charge in [0.15, 0.2) is 0 Å². The van der Waals surface area contributed by atoms with Crippen LogP contribution in [0.3, 0.4) is 0 Å². The van der Waals surface area contributed by atoms with E-state index in [1.54, 1.807) is 6.33 Å². The second-order valence-corrected chi connectivity index (χ2v) is 3.09. The molecule has 0 unspecified atom stereocenters. The van der Waals surface area contributed by atoms with E-state index in [0.29, 0.717) is 6.04 Å².